The van der Waals surface area contributed by atoms with Crippen LogP contribution in [0.25, 0.3) is 11.2 Å². The molecule has 0 radical (unpaired) electrons. The van der Waals surface area contributed by atoms with Crippen molar-refractivity contribution in [3.8, 4) is 0 Å². The molecule has 0 aliphatic rings. The third-order valence-corrected chi connectivity index (χ3v) is 6.11. The lowest BCUT2D eigenvalue weighted by Gasteiger charge is -2.12. The molecule has 0 fully saturated rings. The van der Waals surface area contributed by atoms with E-state index in [0.29, 0.717) is 21.9 Å². The highest BCUT2D eigenvalue weighted by Gasteiger charge is 2.30. The maximum atomic E-state index is 13.0. The number of benzene rings is 2. The molecule has 170 valence electrons. The lowest BCUT2D eigenvalue weighted by molar-refractivity contribution is -0.137. The quantitative estimate of drug-likeness (QED) is 0.351. The third kappa shape index (κ3) is 5.36. The SMILES string of the molecule is Cc1ccc(C)c(NC(=O)Cn2c(SCc3cccc(C(F)(F)F)c3)nc3cccnc32)c1. The molecule has 33 heavy (non-hydrogen) atoms. The average Bonchev–Trinajstić information content (AvgIpc) is 3.12. The van der Waals surface area contributed by atoms with E-state index < -0.39 is 11.7 Å². The van der Waals surface area contributed by atoms with Gasteiger partial charge >= 0.3 is 6.18 Å². The van der Waals surface area contributed by atoms with Crippen molar-refractivity contribution in [1.82, 2.24) is 14.5 Å². The Labute approximate surface area is 193 Å². The van der Waals surface area contributed by atoms with Gasteiger partial charge in [-0.2, -0.15) is 13.2 Å². The fraction of sp³-hybridized carbons (Fsp3) is 0.208. The van der Waals surface area contributed by atoms with Crippen molar-refractivity contribution >= 4 is 34.5 Å². The van der Waals surface area contributed by atoms with Crippen LogP contribution in [-0.4, -0.2) is 20.4 Å². The average molecular weight is 471 g/mol. The number of halogens is 3. The monoisotopic (exact) mass is 470 g/mol. The van der Waals surface area contributed by atoms with Crippen molar-refractivity contribution in [1.29, 1.82) is 0 Å². The summed E-state index contributed by atoms with van der Waals surface area (Å²) in [6.07, 6.45) is -2.78. The van der Waals surface area contributed by atoms with Gasteiger partial charge < -0.3 is 5.32 Å². The number of hydrogen-bond donors (Lipinski definition) is 1. The first-order valence-electron chi connectivity index (χ1n) is 10.2. The van der Waals surface area contributed by atoms with Gasteiger partial charge in [0.25, 0.3) is 0 Å². The number of nitrogens with one attached hydrogen (secondary N) is 1. The van der Waals surface area contributed by atoms with Crippen molar-refractivity contribution in [3.05, 3.63) is 83.0 Å². The molecule has 5 nitrogen and oxygen atoms in total. The van der Waals surface area contributed by atoms with Gasteiger partial charge in [-0.3, -0.25) is 9.36 Å². The molecule has 1 amide bonds. The molecule has 0 spiro atoms. The van der Waals surface area contributed by atoms with Crippen LogP contribution in [0, 0.1) is 13.8 Å². The van der Waals surface area contributed by atoms with Crippen LogP contribution in [0.1, 0.15) is 22.3 Å². The van der Waals surface area contributed by atoms with Crippen LogP contribution in [0.5, 0.6) is 0 Å². The highest BCUT2D eigenvalue weighted by atomic mass is 32.2. The molecule has 1 N–H and O–H groups in total. The van der Waals surface area contributed by atoms with Gasteiger partial charge in [0.2, 0.25) is 5.91 Å². The van der Waals surface area contributed by atoms with E-state index >= 15 is 0 Å². The van der Waals surface area contributed by atoms with E-state index in [4.69, 9.17) is 0 Å². The molecular formula is C24H21F3N4OS. The fourth-order valence-corrected chi connectivity index (χ4v) is 4.32. The number of carbonyl (C=O) groups is 1. The standard InChI is InChI=1S/C24H21F3N4OS/c1-15-8-9-16(2)20(11-15)29-21(32)13-31-22-19(7-4-10-28-22)30-23(31)33-14-17-5-3-6-18(12-17)24(25,26)27/h3-12H,13-14H2,1-2H3,(H,29,32). The zero-order valence-corrected chi connectivity index (χ0v) is 18.8. The number of aryl methyl sites for hydroxylation is 2. The summed E-state index contributed by atoms with van der Waals surface area (Å²) in [4.78, 5) is 21.8. The Morgan fingerprint density at radius 1 is 1.09 bits per heavy atom. The first kappa shape index (κ1) is 22.8. The third-order valence-electron chi connectivity index (χ3n) is 5.06. The number of rotatable bonds is 6. The smallest absolute Gasteiger partial charge is 0.324 e. The Hall–Kier alpha value is -3.33. The Balaban J connectivity index is 1.57. The van der Waals surface area contributed by atoms with Gasteiger partial charge in [0, 0.05) is 17.6 Å². The lowest BCUT2D eigenvalue weighted by atomic mass is 10.1. The van der Waals surface area contributed by atoms with Crippen molar-refractivity contribution in [2.75, 3.05) is 5.32 Å². The first-order chi connectivity index (χ1) is 15.7. The van der Waals surface area contributed by atoms with Crippen molar-refractivity contribution in [2.24, 2.45) is 0 Å². The number of nitrogens with zero attached hydrogens (tertiary/aromatic N) is 3. The summed E-state index contributed by atoms with van der Waals surface area (Å²) in [5.74, 6) is 0.0286. The minimum atomic E-state index is -4.40. The Bertz CT molecular complexity index is 1320. The molecule has 0 saturated heterocycles. The van der Waals surface area contributed by atoms with Crippen molar-refractivity contribution in [3.63, 3.8) is 0 Å². The molecule has 4 rings (SSSR count). The predicted molar refractivity (Wildman–Crippen MR) is 123 cm³/mol. The fourth-order valence-electron chi connectivity index (χ4n) is 3.38. The van der Waals surface area contributed by atoms with Crippen LogP contribution in [0.3, 0.4) is 0 Å². The molecule has 0 unspecified atom stereocenters. The molecule has 2 aromatic carbocycles. The van der Waals surface area contributed by atoms with Gasteiger partial charge in [0.05, 0.1) is 5.56 Å². The van der Waals surface area contributed by atoms with E-state index in [-0.39, 0.29) is 18.2 Å². The first-order valence-corrected chi connectivity index (χ1v) is 11.2. The maximum Gasteiger partial charge on any atom is 0.416 e. The molecule has 9 heteroatoms. The number of imidazole rings is 1. The second-order valence-electron chi connectivity index (χ2n) is 7.68. The van der Waals surface area contributed by atoms with Gasteiger partial charge in [-0.15, -0.1) is 0 Å². The van der Waals surface area contributed by atoms with Crippen LogP contribution in [0.2, 0.25) is 0 Å². The molecule has 0 aliphatic carbocycles. The Morgan fingerprint density at radius 3 is 2.70 bits per heavy atom. The minimum absolute atomic E-state index is 0.0220. The molecule has 0 saturated carbocycles. The lowest BCUT2D eigenvalue weighted by Crippen LogP contribution is -2.20. The summed E-state index contributed by atoms with van der Waals surface area (Å²) in [5.41, 5.74) is 3.69. The predicted octanol–water partition coefficient (Wildman–Crippen LogP) is 6.00. The zero-order chi connectivity index (χ0) is 23.6. The minimum Gasteiger partial charge on any atom is -0.324 e. The topological polar surface area (TPSA) is 59.8 Å². The molecule has 0 bridgehead atoms. The van der Waals surface area contributed by atoms with Crippen LogP contribution >= 0.6 is 11.8 Å². The summed E-state index contributed by atoms with van der Waals surface area (Å²) < 4.78 is 40.8. The number of carbonyl (C=O) groups excluding carboxylic acids is 1. The van der Waals surface area contributed by atoms with Crippen LogP contribution in [0.15, 0.2) is 66.0 Å². The highest BCUT2D eigenvalue weighted by Crippen LogP contribution is 2.32. The number of hydrogen-bond acceptors (Lipinski definition) is 4. The van der Waals surface area contributed by atoms with E-state index in [1.54, 1.807) is 29.0 Å². The second kappa shape index (κ2) is 9.27. The molecule has 2 aromatic heterocycles. The number of alkyl halides is 3. The second-order valence-corrected chi connectivity index (χ2v) is 8.62. The van der Waals surface area contributed by atoms with Crippen LogP contribution in [0.4, 0.5) is 18.9 Å². The highest BCUT2D eigenvalue weighted by molar-refractivity contribution is 7.98. The van der Waals surface area contributed by atoms with Gasteiger partial charge in [0.1, 0.15) is 12.1 Å². The summed E-state index contributed by atoms with van der Waals surface area (Å²) in [6, 6.07) is 14.6. The van der Waals surface area contributed by atoms with E-state index in [9.17, 15) is 18.0 Å². The molecular weight excluding hydrogens is 449 g/mol. The number of amides is 1. The van der Waals surface area contributed by atoms with E-state index in [1.165, 1.54) is 17.8 Å². The van der Waals surface area contributed by atoms with Crippen LogP contribution < -0.4 is 5.32 Å². The molecule has 2 heterocycles. The van der Waals surface area contributed by atoms with E-state index in [0.717, 1.165) is 28.9 Å². The van der Waals surface area contributed by atoms with Gasteiger partial charge in [-0.05, 0) is 54.8 Å². The molecule has 4 aromatic rings. The van der Waals surface area contributed by atoms with Gasteiger partial charge in [0.15, 0.2) is 10.8 Å². The largest absolute Gasteiger partial charge is 0.416 e. The summed E-state index contributed by atoms with van der Waals surface area (Å²) >= 11 is 1.26. The summed E-state index contributed by atoms with van der Waals surface area (Å²) in [6.45, 7) is 3.84. The summed E-state index contributed by atoms with van der Waals surface area (Å²) in [7, 11) is 0. The van der Waals surface area contributed by atoms with Gasteiger partial charge in [-0.1, -0.05) is 42.1 Å². The number of aromatic nitrogens is 3. The van der Waals surface area contributed by atoms with Crippen molar-refractivity contribution < 1.29 is 18.0 Å². The summed E-state index contributed by atoms with van der Waals surface area (Å²) in [5, 5.41) is 3.44. The van der Waals surface area contributed by atoms with Gasteiger partial charge in [-0.25, -0.2) is 9.97 Å². The zero-order valence-electron chi connectivity index (χ0n) is 18.0. The number of pyridine rings is 1. The van der Waals surface area contributed by atoms with E-state index in [2.05, 4.69) is 15.3 Å². The Morgan fingerprint density at radius 2 is 1.91 bits per heavy atom. The Kier molecular flexibility index (Phi) is 6.42. The number of fused-ring (bicyclic) bond motifs is 1. The van der Waals surface area contributed by atoms with E-state index in [1.807, 2.05) is 32.0 Å². The maximum absolute atomic E-state index is 13.0. The molecule has 0 atom stereocenters. The number of thioether (sulfide) groups is 1. The normalized spacial score (nSPS) is 11.7. The molecule has 0 aliphatic heterocycles. The number of anilines is 1. The van der Waals surface area contributed by atoms with Crippen LogP contribution in [-0.2, 0) is 23.3 Å². The van der Waals surface area contributed by atoms with Crippen molar-refractivity contribution in [2.45, 2.75) is 37.5 Å².